The Labute approximate surface area is 160 Å². The molecule has 0 unspecified atom stereocenters. The van der Waals surface area contributed by atoms with Crippen LogP contribution in [-0.4, -0.2) is 5.11 Å². The topological polar surface area (TPSA) is 37.3 Å². The number of rotatable bonds is 1. The maximum atomic E-state index is 11.7. The molecule has 0 amide bonds. The van der Waals surface area contributed by atoms with Crippen molar-refractivity contribution in [1.82, 2.24) is 0 Å². The highest BCUT2D eigenvalue weighted by atomic mass is 16.3. The summed E-state index contributed by atoms with van der Waals surface area (Å²) in [5.74, 6) is -0.222. The van der Waals surface area contributed by atoms with E-state index < -0.39 is 0 Å². The normalized spacial score (nSPS) is 17.5. The van der Waals surface area contributed by atoms with Gasteiger partial charge in [-0.2, -0.15) is 0 Å². The zero-order chi connectivity index (χ0) is 19.4. The number of fused-ring (bicyclic) bond motifs is 2. The Hall–Kier alpha value is -2.61. The molecule has 3 aromatic rings. The average Bonchev–Trinajstić information content (AvgIpc) is 2.79. The molecule has 0 radical (unpaired) electrons. The van der Waals surface area contributed by atoms with Crippen LogP contribution in [0.1, 0.15) is 51.7 Å². The SMILES string of the molecule is CC1(C)CCC(C)(C)c2cc3cc(-c4ccc(O)c(=O)cc4)ccc3cc21. The Morgan fingerprint density at radius 2 is 1.26 bits per heavy atom. The summed E-state index contributed by atoms with van der Waals surface area (Å²) in [6, 6.07) is 17.6. The lowest BCUT2D eigenvalue weighted by molar-refractivity contribution is 0.332. The Kier molecular flexibility index (Phi) is 3.92. The van der Waals surface area contributed by atoms with Crippen molar-refractivity contribution in [1.29, 1.82) is 0 Å². The largest absolute Gasteiger partial charge is 0.504 e. The molecular weight excluding hydrogens is 332 g/mol. The Balaban J connectivity index is 1.92. The summed E-state index contributed by atoms with van der Waals surface area (Å²) in [4.78, 5) is 11.7. The summed E-state index contributed by atoms with van der Waals surface area (Å²) < 4.78 is 0. The molecule has 0 spiro atoms. The zero-order valence-corrected chi connectivity index (χ0v) is 16.5. The van der Waals surface area contributed by atoms with Crippen molar-refractivity contribution in [3.05, 3.63) is 75.9 Å². The van der Waals surface area contributed by atoms with Gasteiger partial charge in [-0.1, -0.05) is 64.1 Å². The summed E-state index contributed by atoms with van der Waals surface area (Å²) in [5.41, 5.74) is 4.90. The van der Waals surface area contributed by atoms with E-state index in [2.05, 4.69) is 58.0 Å². The van der Waals surface area contributed by atoms with Gasteiger partial charge in [-0.25, -0.2) is 0 Å². The van der Waals surface area contributed by atoms with Crippen LogP contribution in [0.3, 0.4) is 0 Å². The monoisotopic (exact) mass is 358 g/mol. The molecule has 0 aliphatic heterocycles. The summed E-state index contributed by atoms with van der Waals surface area (Å²) in [6.45, 7) is 9.37. The van der Waals surface area contributed by atoms with Gasteiger partial charge in [0.2, 0.25) is 5.43 Å². The molecule has 1 aliphatic rings. The second kappa shape index (κ2) is 5.95. The van der Waals surface area contributed by atoms with Crippen LogP contribution in [0.25, 0.3) is 21.9 Å². The highest BCUT2D eigenvalue weighted by Crippen LogP contribution is 2.47. The van der Waals surface area contributed by atoms with Crippen LogP contribution in [0.4, 0.5) is 0 Å². The van der Waals surface area contributed by atoms with Crippen LogP contribution in [0.5, 0.6) is 5.75 Å². The van der Waals surface area contributed by atoms with Gasteiger partial charge in [-0.05, 0) is 74.9 Å². The van der Waals surface area contributed by atoms with Gasteiger partial charge in [-0.15, -0.1) is 0 Å². The smallest absolute Gasteiger partial charge is 0.220 e. The predicted octanol–water partition coefficient (Wildman–Crippen LogP) is 5.92. The fourth-order valence-corrected chi connectivity index (χ4v) is 4.24. The summed E-state index contributed by atoms with van der Waals surface area (Å²) in [5, 5.41) is 12.1. The third-order valence-electron chi connectivity index (χ3n) is 6.23. The van der Waals surface area contributed by atoms with Crippen LogP contribution in [0, 0.1) is 0 Å². The minimum Gasteiger partial charge on any atom is -0.504 e. The van der Waals surface area contributed by atoms with Crippen LogP contribution >= 0.6 is 0 Å². The molecule has 1 aliphatic carbocycles. The summed E-state index contributed by atoms with van der Waals surface area (Å²) in [6.07, 6.45) is 2.40. The number of hydrogen-bond acceptors (Lipinski definition) is 2. The number of aromatic hydroxyl groups is 1. The molecular formula is C25H26O2. The summed E-state index contributed by atoms with van der Waals surface area (Å²) >= 11 is 0. The van der Waals surface area contributed by atoms with Gasteiger partial charge in [0.25, 0.3) is 0 Å². The molecule has 0 bridgehead atoms. The van der Waals surface area contributed by atoms with E-state index in [1.54, 1.807) is 12.1 Å². The highest BCUT2D eigenvalue weighted by Gasteiger charge is 2.37. The predicted molar refractivity (Wildman–Crippen MR) is 113 cm³/mol. The lowest BCUT2D eigenvalue weighted by Crippen LogP contribution is -2.33. The lowest BCUT2D eigenvalue weighted by Gasteiger charge is -2.42. The van der Waals surface area contributed by atoms with Gasteiger partial charge < -0.3 is 5.11 Å². The van der Waals surface area contributed by atoms with Crippen molar-refractivity contribution in [2.24, 2.45) is 0 Å². The first-order valence-corrected chi connectivity index (χ1v) is 9.60. The number of hydrogen-bond donors (Lipinski definition) is 1. The fourth-order valence-electron chi connectivity index (χ4n) is 4.24. The molecule has 27 heavy (non-hydrogen) atoms. The molecule has 2 nitrogen and oxygen atoms in total. The lowest BCUT2D eigenvalue weighted by atomic mass is 9.63. The minimum atomic E-state index is -0.361. The van der Waals surface area contributed by atoms with E-state index in [4.69, 9.17) is 0 Å². The third-order valence-corrected chi connectivity index (χ3v) is 6.23. The maximum Gasteiger partial charge on any atom is 0.220 e. The molecule has 138 valence electrons. The second-order valence-electron chi connectivity index (χ2n) is 9.10. The molecule has 3 aromatic carbocycles. The maximum absolute atomic E-state index is 11.7. The summed E-state index contributed by atoms with van der Waals surface area (Å²) in [7, 11) is 0. The van der Waals surface area contributed by atoms with Crippen LogP contribution in [0.15, 0.2) is 59.4 Å². The van der Waals surface area contributed by atoms with E-state index in [0.717, 1.165) is 11.1 Å². The first kappa shape index (κ1) is 17.8. The standard InChI is InChI=1S/C25H26O2/c1-24(2)11-12-25(3,4)21-15-19-13-17(5-6-18(19)14-20(21)24)16-7-9-22(26)23(27)10-8-16/h5-10,13-15H,11-12H2,1-4H3,(H,26,27). The van der Waals surface area contributed by atoms with Gasteiger partial charge in [0.1, 0.15) is 0 Å². The van der Waals surface area contributed by atoms with Crippen LogP contribution < -0.4 is 5.43 Å². The molecule has 0 heterocycles. The van der Waals surface area contributed by atoms with Gasteiger partial charge in [0.05, 0.1) is 0 Å². The van der Waals surface area contributed by atoms with E-state index in [-0.39, 0.29) is 22.0 Å². The molecule has 1 N–H and O–H groups in total. The first-order valence-electron chi connectivity index (χ1n) is 9.60. The second-order valence-corrected chi connectivity index (χ2v) is 9.10. The van der Waals surface area contributed by atoms with Crippen molar-refractivity contribution in [2.75, 3.05) is 0 Å². The molecule has 0 fully saturated rings. The van der Waals surface area contributed by atoms with E-state index in [9.17, 15) is 9.90 Å². The van der Waals surface area contributed by atoms with Crippen LogP contribution in [-0.2, 0) is 10.8 Å². The Morgan fingerprint density at radius 3 is 1.93 bits per heavy atom. The van der Waals surface area contributed by atoms with Gasteiger partial charge in [0, 0.05) is 0 Å². The fraction of sp³-hybridized carbons (Fsp3) is 0.320. The molecule has 0 aromatic heterocycles. The van der Waals surface area contributed by atoms with Crippen molar-refractivity contribution in [2.45, 2.75) is 51.4 Å². The van der Waals surface area contributed by atoms with Crippen molar-refractivity contribution >= 4 is 10.8 Å². The van der Waals surface area contributed by atoms with Crippen LogP contribution in [0.2, 0.25) is 0 Å². The van der Waals surface area contributed by atoms with Crippen molar-refractivity contribution < 1.29 is 5.11 Å². The minimum absolute atomic E-state index is 0.178. The average molecular weight is 358 g/mol. The molecule has 2 heteroatoms. The quantitative estimate of drug-likeness (QED) is 0.586. The van der Waals surface area contributed by atoms with Gasteiger partial charge >= 0.3 is 0 Å². The Bertz CT molecular complexity index is 1110. The van der Waals surface area contributed by atoms with E-state index in [1.165, 1.54) is 46.9 Å². The first-order chi connectivity index (χ1) is 12.7. The van der Waals surface area contributed by atoms with E-state index >= 15 is 0 Å². The molecule has 4 rings (SSSR count). The third kappa shape index (κ3) is 3.03. The van der Waals surface area contributed by atoms with E-state index in [1.807, 2.05) is 0 Å². The van der Waals surface area contributed by atoms with Gasteiger partial charge in [-0.3, -0.25) is 4.79 Å². The highest BCUT2D eigenvalue weighted by molar-refractivity contribution is 5.89. The molecule has 0 saturated carbocycles. The van der Waals surface area contributed by atoms with Gasteiger partial charge in [0.15, 0.2) is 5.75 Å². The molecule has 0 saturated heterocycles. The zero-order valence-electron chi connectivity index (χ0n) is 16.5. The van der Waals surface area contributed by atoms with E-state index in [0.29, 0.717) is 0 Å². The molecule has 0 atom stereocenters. The number of benzene rings is 2. The van der Waals surface area contributed by atoms with Crippen molar-refractivity contribution in [3.8, 4) is 16.9 Å². The van der Waals surface area contributed by atoms with Crippen molar-refractivity contribution in [3.63, 3.8) is 0 Å². The Morgan fingerprint density at radius 1 is 0.704 bits per heavy atom.